The van der Waals surface area contributed by atoms with E-state index >= 15 is 0 Å². The molecule has 3 rings (SSSR count). The first-order valence-electron chi connectivity index (χ1n) is 5.23. The zero-order valence-electron chi connectivity index (χ0n) is 7.74. The zero-order valence-corrected chi connectivity index (χ0v) is 7.74. The van der Waals surface area contributed by atoms with Crippen molar-refractivity contribution < 1.29 is 14.6 Å². The lowest BCUT2D eigenvalue weighted by Crippen LogP contribution is -2.27. The van der Waals surface area contributed by atoms with Gasteiger partial charge in [-0.1, -0.05) is 0 Å². The predicted molar refractivity (Wildman–Crippen MR) is 46.1 cm³/mol. The SMILES string of the molecule is O[C@@H]1C[C@@H]2CC3(C[C@@H]2C1)OCCO3. The topological polar surface area (TPSA) is 38.7 Å². The molecule has 2 saturated carbocycles. The number of rotatable bonds is 0. The van der Waals surface area contributed by atoms with Gasteiger partial charge in [0.25, 0.3) is 0 Å². The Morgan fingerprint density at radius 1 is 1.00 bits per heavy atom. The number of ether oxygens (including phenoxy) is 2. The summed E-state index contributed by atoms with van der Waals surface area (Å²) in [5.74, 6) is 1.05. The van der Waals surface area contributed by atoms with E-state index in [9.17, 15) is 5.11 Å². The Labute approximate surface area is 78.0 Å². The number of hydrogen-bond donors (Lipinski definition) is 1. The maximum absolute atomic E-state index is 9.48. The summed E-state index contributed by atoms with van der Waals surface area (Å²) in [6.07, 6.45) is 3.87. The smallest absolute Gasteiger partial charge is 0.169 e. The van der Waals surface area contributed by atoms with Crippen molar-refractivity contribution in [1.29, 1.82) is 0 Å². The normalized spacial score (nSPS) is 47.3. The van der Waals surface area contributed by atoms with Crippen LogP contribution in [0.3, 0.4) is 0 Å². The second-order valence-corrected chi connectivity index (χ2v) is 4.66. The van der Waals surface area contributed by atoms with E-state index in [1.54, 1.807) is 0 Å². The molecular formula is C10H16O3. The standard InChI is InChI=1S/C10H16O3/c11-9-3-7-5-10(6-8(7)4-9)12-1-2-13-10/h7-9,11H,1-6H2/t7-,8+,9-. The summed E-state index contributed by atoms with van der Waals surface area (Å²) >= 11 is 0. The van der Waals surface area contributed by atoms with E-state index in [1.807, 2.05) is 0 Å². The molecule has 1 N–H and O–H groups in total. The summed E-state index contributed by atoms with van der Waals surface area (Å²) in [5.41, 5.74) is 0. The fourth-order valence-corrected chi connectivity index (χ4v) is 3.30. The first-order valence-corrected chi connectivity index (χ1v) is 5.23. The van der Waals surface area contributed by atoms with Crippen molar-refractivity contribution in [2.45, 2.75) is 37.6 Å². The molecule has 0 amide bonds. The molecule has 0 aromatic carbocycles. The predicted octanol–water partition coefficient (Wildman–Crippen LogP) is 0.910. The Bertz CT molecular complexity index is 194. The summed E-state index contributed by atoms with van der Waals surface area (Å²) in [4.78, 5) is 0. The molecule has 3 nitrogen and oxygen atoms in total. The van der Waals surface area contributed by atoms with Gasteiger partial charge in [0.2, 0.25) is 0 Å². The fourth-order valence-electron chi connectivity index (χ4n) is 3.30. The summed E-state index contributed by atoms with van der Waals surface area (Å²) in [7, 11) is 0. The number of fused-ring (bicyclic) bond motifs is 1. The van der Waals surface area contributed by atoms with Crippen LogP contribution in [0.1, 0.15) is 25.7 Å². The fraction of sp³-hybridized carbons (Fsp3) is 1.00. The molecule has 1 spiro atoms. The number of aliphatic hydroxyl groups is 1. The lowest BCUT2D eigenvalue weighted by molar-refractivity contribution is -0.156. The highest BCUT2D eigenvalue weighted by Gasteiger charge is 2.52. The molecule has 3 atom stereocenters. The average molecular weight is 184 g/mol. The molecule has 74 valence electrons. The molecule has 1 aliphatic heterocycles. The minimum absolute atomic E-state index is 0.0613. The highest BCUT2D eigenvalue weighted by atomic mass is 16.7. The second kappa shape index (κ2) is 2.69. The first kappa shape index (κ1) is 8.21. The van der Waals surface area contributed by atoms with Gasteiger partial charge in [-0.25, -0.2) is 0 Å². The summed E-state index contributed by atoms with van der Waals surface area (Å²) in [5, 5.41) is 9.48. The number of hydrogen-bond acceptors (Lipinski definition) is 3. The van der Waals surface area contributed by atoms with Crippen LogP contribution in [-0.4, -0.2) is 30.2 Å². The molecule has 0 aromatic heterocycles. The van der Waals surface area contributed by atoms with E-state index in [0.29, 0.717) is 11.8 Å². The minimum Gasteiger partial charge on any atom is -0.393 e. The van der Waals surface area contributed by atoms with Crippen LogP contribution in [0.2, 0.25) is 0 Å². The third-order valence-electron chi connectivity index (χ3n) is 3.78. The third kappa shape index (κ3) is 1.22. The van der Waals surface area contributed by atoms with Crippen LogP contribution in [0.15, 0.2) is 0 Å². The van der Waals surface area contributed by atoms with E-state index in [0.717, 1.165) is 38.9 Å². The maximum atomic E-state index is 9.48. The molecule has 0 aromatic rings. The van der Waals surface area contributed by atoms with Gasteiger partial charge in [0.1, 0.15) is 0 Å². The van der Waals surface area contributed by atoms with E-state index < -0.39 is 0 Å². The lowest BCUT2D eigenvalue weighted by atomic mass is 10.0. The highest BCUT2D eigenvalue weighted by molar-refractivity contribution is 4.97. The number of aliphatic hydroxyl groups excluding tert-OH is 1. The highest BCUT2D eigenvalue weighted by Crippen LogP contribution is 2.51. The van der Waals surface area contributed by atoms with Gasteiger partial charge in [0, 0.05) is 12.8 Å². The molecule has 0 bridgehead atoms. The van der Waals surface area contributed by atoms with E-state index in [1.165, 1.54) is 0 Å². The Kier molecular flexibility index (Phi) is 1.70. The van der Waals surface area contributed by atoms with Gasteiger partial charge in [-0.2, -0.15) is 0 Å². The summed E-state index contributed by atoms with van der Waals surface area (Å²) < 4.78 is 11.3. The summed E-state index contributed by atoms with van der Waals surface area (Å²) in [6, 6.07) is 0. The first-order chi connectivity index (χ1) is 6.27. The molecule has 2 aliphatic carbocycles. The van der Waals surface area contributed by atoms with Crippen LogP contribution in [0.25, 0.3) is 0 Å². The molecule has 0 radical (unpaired) electrons. The molecular weight excluding hydrogens is 168 g/mol. The van der Waals surface area contributed by atoms with Gasteiger partial charge in [-0.15, -0.1) is 0 Å². The van der Waals surface area contributed by atoms with Crippen molar-refractivity contribution in [3.05, 3.63) is 0 Å². The molecule has 1 saturated heterocycles. The van der Waals surface area contributed by atoms with E-state index in [4.69, 9.17) is 9.47 Å². The van der Waals surface area contributed by atoms with Crippen LogP contribution in [0, 0.1) is 11.8 Å². The van der Waals surface area contributed by atoms with Crippen LogP contribution < -0.4 is 0 Å². The minimum atomic E-state index is -0.241. The van der Waals surface area contributed by atoms with Crippen molar-refractivity contribution in [3.8, 4) is 0 Å². The van der Waals surface area contributed by atoms with Gasteiger partial charge in [0.05, 0.1) is 19.3 Å². The van der Waals surface area contributed by atoms with Crippen LogP contribution >= 0.6 is 0 Å². The molecule has 1 heterocycles. The van der Waals surface area contributed by atoms with Crippen LogP contribution in [-0.2, 0) is 9.47 Å². The average Bonchev–Trinajstić information content (AvgIpc) is 2.67. The maximum Gasteiger partial charge on any atom is 0.169 e. The van der Waals surface area contributed by atoms with Crippen molar-refractivity contribution >= 4 is 0 Å². The molecule has 0 unspecified atom stereocenters. The molecule has 13 heavy (non-hydrogen) atoms. The second-order valence-electron chi connectivity index (χ2n) is 4.66. The Balaban J connectivity index is 1.73. The van der Waals surface area contributed by atoms with Gasteiger partial charge in [0.15, 0.2) is 5.79 Å². The van der Waals surface area contributed by atoms with Gasteiger partial charge < -0.3 is 14.6 Å². The quantitative estimate of drug-likeness (QED) is 0.608. The largest absolute Gasteiger partial charge is 0.393 e. The molecule has 3 fully saturated rings. The Morgan fingerprint density at radius 3 is 2.08 bits per heavy atom. The van der Waals surface area contributed by atoms with Gasteiger partial charge in [-0.05, 0) is 24.7 Å². The van der Waals surface area contributed by atoms with E-state index in [2.05, 4.69) is 0 Å². The zero-order chi connectivity index (χ0) is 8.89. The summed E-state index contributed by atoms with van der Waals surface area (Å²) in [6.45, 7) is 1.50. The Morgan fingerprint density at radius 2 is 1.54 bits per heavy atom. The lowest BCUT2D eigenvalue weighted by Gasteiger charge is -2.22. The van der Waals surface area contributed by atoms with Crippen molar-refractivity contribution in [2.75, 3.05) is 13.2 Å². The molecule has 3 heteroatoms. The van der Waals surface area contributed by atoms with E-state index in [-0.39, 0.29) is 11.9 Å². The monoisotopic (exact) mass is 184 g/mol. The van der Waals surface area contributed by atoms with Crippen LogP contribution in [0.5, 0.6) is 0 Å². The van der Waals surface area contributed by atoms with Gasteiger partial charge >= 0.3 is 0 Å². The van der Waals surface area contributed by atoms with Crippen LogP contribution in [0.4, 0.5) is 0 Å². The van der Waals surface area contributed by atoms with Crippen molar-refractivity contribution in [3.63, 3.8) is 0 Å². The Hall–Kier alpha value is -0.120. The van der Waals surface area contributed by atoms with Crippen molar-refractivity contribution in [2.24, 2.45) is 11.8 Å². The third-order valence-corrected chi connectivity index (χ3v) is 3.78. The van der Waals surface area contributed by atoms with Gasteiger partial charge in [-0.3, -0.25) is 0 Å². The van der Waals surface area contributed by atoms with Crippen molar-refractivity contribution in [1.82, 2.24) is 0 Å². The molecule has 3 aliphatic rings.